The minimum absolute atomic E-state index is 0.750. The maximum absolute atomic E-state index is 9.43. The minimum Gasteiger partial charge on any atom is -0.351 e. The van der Waals surface area contributed by atoms with Crippen LogP contribution in [-0.4, -0.2) is 25.4 Å². The average Bonchev–Trinajstić information content (AvgIpc) is 2.30. The van der Waals surface area contributed by atoms with Crippen LogP contribution in [0.5, 0.6) is 0 Å². The van der Waals surface area contributed by atoms with Crippen LogP contribution in [0.2, 0.25) is 0 Å². The molecule has 0 saturated carbocycles. The van der Waals surface area contributed by atoms with E-state index in [1.807, 2.05) is 0 Å². The zero-order valence-electron chi connectivity index (χ0n) is 9.05. The Balaban J connectivity index is 0.000000195. The third-order valence-electron chi connectivity index (χ3n) is 1.87. The van der Waals surface area contributed by atoms with E-state index in [4.69, 9.17) is 0 Å². The van der Waals surface area contributed by atoms with E-state index in [2.05, 4.69) is 48.5 Å². The van der Waals surface area contributed by atoms with E-state index >= 15 is 0 Å². The van der Waals surface area contributed by atoms with Crippen molar-refractivity contribution in [1.82, 2.24) is 4.90 Å². The Bertz CT molecular complexity index is 358. The lowest BCUT2D eigenvalue weighted by molar-refractivity contribution is -0.115. The van der Waals surface area contributed by atoms with Crippen LogP contribution in [0.1, 0.15) is 0 Å². The van der Waals surface area contributed by atoms with Crippen LogP contribution in [0.25, 0.3) is 10.8 Å². The van der Waals surface area contributed by atoms with Crippen molar-refractivity contribution in [3.05, 3.63) is 48.5 Å². The smallest absolute Gasteiger partial charge is 0.209 e. The topological polar surface area (TPSA) is 20.3 Å². The molecule has 0 atom stereocenters. The Morgan fingerprint density at radius 2 is 1.13 bits per heavy atom. The van der Waals surface area contributed by atoms with Crippen molar-refractivity contribution in [2.45, 2.75) is 0 Å². The lowest BCUT2D eigenvalue weighted by atomic mass is 10.1. The standard InChI is InChI=1S/C10H8.C3H7NO/c1-2-6-10-8-4-3-7-9(10)5-1;1-4(2)3-5/h1-8H;3H,1-2H3. The average molecular weight is 201 g/mol. The van der Waals surface area contributed by atoms with Crippen molar-refractivity contribution in [3.63, 3.8) is 0 Å². The Hall–Kier alpha value is -1.83. The molecule has 0 aromatic heterocycles. The largest absolute Gasteiger partial charge is 0.351 e. The summed E-state index contributed by atoms with van der Waals surface area (Å²) in [5.74, 6) is 0. The van der Waals surface area contributed by atoms with Crippen LogP contribution in [0, 0.1) is 0 Å². The molecule has 2 aromatic carbocycles. The normalized spacial score (nSPS) is 8.93. The molecule has 2 aromatic rings. The van der Waals surface area contributed by atoms with Gasteiger partial charge < -0.3 is 4.90 Å². The van der Waals surface area contributed by atoms with Gasteiger partial charge in [0.25, 0.3) is 0 Å². The summed E-state index contributed by atoms with van der Waals surface area (Å²) in [7, 11) is 3.38. The maximum Gasteiger partial charge on any atom is 0.209 e. The summed E-state index contributed by atoms with van der Waals surface area (Å²) in [6.07, 6.45) is 0.750. The van der Waals surface area contributed by atoms with E-state index < -0.39 is 0 Å². The second-order valence-corrected chi connectivity index (χ2v) is 3.42. The molecule has 0 bridgehead atoms. The number of carbonyl (C=O) groups is 1. The molecule has 0 radical (unpaired) electrons. The van der Waals surface area contributed by atoms with Gasteiger partial charge in [0, 0.05) is 14.1 Å². The summed E-state index contributed by atoms with van der Waals surface area (Å²) in [4.78, 5) is 10.9. The quantitative estimate of drug-likeness (QED) is 0.649. The van der Waals surface area contributed by atoms with Gasteiger partial charge in [-0.1, -0.05) is 48.5 Å². The highest BCUT2D eigenvalue weighted by atomic mass is 16.1. The van der Waals surface area contributed by atoms with Gasteiger partial charge in [0.2, 0.25) is 6.41 Å². The van der Waals surface area contributed by atoms with Crippen molar-refractivity contribution >= 4 is 17.2 Å². The third kappa shape index (κ3) is 3.81. The van der Waals surface area contributed by atoms with Crippen molar-refractivity contribution in [2.24, 2.45) is 0 Å². The molecule has 1 amide bonds. The highest BCUT2D eigenvalue weighted by Crippen LogP contribution is 2.11. The van der Waals surface area contributed by atoms with E-state index in [0.29, 0.717) is 0 Å². The lowest BCUT2D eigenvalue weighted by Gasteiger charge is -1.93. The predicted octanol–water partition coefficient (Wildman–Crippen LogP) is 2.54. The van der Waals surface area contributed by atoms with Crippen LogP contribution in [0.4, 0.5) is 0 Å². The minimum atomic E-state index is 0.750. The molecule has 2 nitrogen and oxygen atoms in total. The second-order valence-electron chi connectivity index (χ2n) is 3.42. The number of benzene rings is 2. The van der Waals surface area contributed by atoms with Crippen LogP contribution in [-0.2, 0) is 4.79 Å². The second kappa shape index (κ2) is 5.81. The number of carbonyl (C=O) groups excluding carboxylic acids is 1. The van der Waals surface area contributed by atoms with Crippen molar-refractivity contribution < 1.29 is 4.79 Å². The van der Waals surface area contributed by atoms with Gasteiger partial charge in [-0.05, 0) is 10.8 Å². The van der Waals surface area contributed by atoms with Crippen molar-refractivity contribution in [2.75, 3.05) is 14.1 Å². The summed E-state index contributed by atoms with van der Waals surface area (Å²) in [6, 6.07) is 16.7. The molecular weight excluding hydrogens is 186 g/mol. The van der Waals surface area contributed by atoms with Gasteiger partial charge in [0.15, 0.2) is 0 Å². The zero-order chi connectivity index (χ0) is 11.1. The number of fused-ring (bicyclic) bond motifs is 1. The van der Waals surface area contributed by atoms with Gasteiger partial charge in [0.1, 0.15) is 0 Å². The van der Waals surface area contributed by atoms with Gasteiger partial charge in [-0.2, -0.15) is 0 Å². The molecule has 0 heterocycles. The molecule has 2 heteroatoms. The summed E-state index contributed by atoms with van der Waals surface area (Å²) >= 11 is 0. The molecule has 0 spiro atoms. The summed E-state index contributed by atoms with van der Waals surface area (Å²) in [5, 5.41) is 2.62. The van der Waals surface area contributed by atoms with E-state index in [0.717, 1.165) is 6.41 Å². The van der Waals surface area contributed by atoms with Gasteiger partial charge in [0.05, 0.1) is 0 Å². The SMILES string of the molecule is CN(C)C=O.c1ccc2ccccc2c1. The Labute approximate surface area is 90.1 Å². The maximum atomic E-state index is 9.43. The number of amides is 1. The molecule has 0 aliphatic heterocycles. The molecule has 0 aliphatic carbocycles. The Morgan fingerprint density at radius 3 is 1.33 bits per heavy atom. The van der Waals surface area contributed by atoms with Crippen molar-refractivity contribution in [1.29, 1.82) is 0 Å². The van der Waals surface area contributed by atoms with E-state index in [9.17, 15) is 4.79 Å². The first-order chi connectivity index (χ1) is 7.24. The Kier molecular flexibility index (Phi) is 4.35. The van der Waals surface area contributed by atoms with E-state index in [-0.39, 0.29) is 0 Å². The van der Waals surface area contributed by atoms with E-state index in [1.54, 1.807) is 14.1 Å². The third-order valence-corrected chi connectivity index (χ3v) is 1.87. The van der Waals surface area contributed by atoms with Gasteiger partial charge in [-0.15, -0.1) is 0 Å². The fourth-order valence-electron chi connectivity index (χ4n) is 1.13. The Morgan fingerprint density at radius 1 is 0.867 bits per heavy atom. The molecule has 0 unspecified atom stereocenters. The number of hydrogen-bond acceptors (Lipinski definition) is 1. The molecule has 0 N–H and O–H groups in total. The summed E-state index contributed by atoms with van der Waals surface area (Å²) in [5.41, 5.74) is 0. The molecule has 0 aliphatic rings. The van der Waals surface area contributed by atoms with Crippen LogP contribution in [0.3, 0.4) is 0 Å². The monoisotopic (exact) mass is 201 g/mol. The molecule has 0 saturated heterocycles. The highest BCUT2D eigenvalue weighted by Gasteiger charge is 1.85. The lowest BCUT2D eigenvalue weighted by Crippen LogP contribution is -2.06. The van der Waals surface area contributed by atoms with Gasteiger partial charge in [-0.25, -0.2) is 0 Å². The fourth-order valence-corrected chi connectivity index (χ4v) is 1.13. The van der Waals surface area contributed by atoms with Gasteiger partial charge >= 0.3 is 0 Å². The zero-order valence-corrected chi connectivity index (χ0v) is 9.05. The molecule has 15 heavy (non-hydrogen) atoms. The number of hydrogen-bond donors (Lipinski definition) is 0. The van der Waals surface area contributed by atoms with Crippen molar-refractivity contribution in [3.8, 4) is 0 Å². The molecule has 0 fully saturated rings. The summed E-state index contributed by atoms with van der Waals surface area (Å²) < 4.78 is 0. The van der Waals surface area contributed by atoms with Gasteiger partial charge in [-0.3, -0.25) is 4.79 Å². The number of nitrogens with zero attached hydrogens (tertiary/aromatic N) is 1. The first kappa shape index (κ1) is 11.2. The van der Waals surface area contributed by atoms with E-state index in [1.165, 1.54) is 15.7 Å². The summed E-state index contributed by atoms with van der Waals surface area (Å²) in [6.45, 7) is 0. The molecular formula is C13H15NO. The first-order valence-electron chi connectivity index (χ1n) is 4.79. The van der Waals surface area contributed by atoms with Crippen LogP contribution in [0.15, 0.2) is 48.5 Å². The highest BCUT2D eigenvalue weighted by molar-refractivity contribution is 5.81. The molecule has 2 rings (SSSR count). The van der Waals surface area contributed by atoms with Crippen LogP contribution >= 0.6 is 0 Å². The fraction of sp³-hybridized carbons (Fsp3) is 0.154. The number of rotatable bonds is 1. The molecule has 78 valence electrons. The first-order valence-corrected chi connectivity index (χ1v) is 4.79. The van der Waals surface area contributed by atoms with Crippen LogP contribution < -0.4 is 0 Å². The predicted molar refractivity (Wildman–Crippen MR) is 63.7 cm³/mol.